The van der Waals surface area contributed by atoms with Gasteiger partial charge in [0.15, 0.2) is 0 Å². The summed E-state index contributed by atoms with van der Waals surface area (Å²) in [7, 11) is 0. The van der Waals surface area contributed by atoms with E-state index in [-0.39, 0.29) is 18.0 Å². The van der Waals surface area contributed by atoms with Gasteiger partial charge in [-0.1, -0.05) is 29.8 Å². The van der Waals surface area contributed by atoms with Gasteiger partial charge in [-0.05, 0) is 45.2 Å². The second kappa shape index (κ2) is 8.08. The van der Waals surface area contributed by atoms with Crippen LogP contribution in [-0.4, -0.2) is 49.2 Å². The average Bonchev–Trinajstić information content (AvgIpc) is 2.67. The Labute approximate surface area is 155 Å². The van der Waals surface area contributed by atoms with E-state index in [0.29, 0.717) is 26.2 Å². The summed E-state index contributed by atoms with van der Waals surface area (Å²) in [5.41, 5.74) is 1.65. The number of ether oxygens (including phenoxy) is 1. The van der Waals surface area contributed by atoms with Crippen molar-refractivity contribution in [1.82, 2.24) is 15.5 Å². The summed E-state index contributed by atoms with van der Waals surface area (Å²) in [6, 6.07) is 8.10. The number of hydrogen-bond donors (Lipinski definition) is 2. The smallest absolute Gasteiger partial charge is 0.317 e. The summed E-state index contributed by atoms with van der Waals surface area (Å²) >= 11 is 0. The quantitative estimate of drug-likeness (QED) is 0.809. The second-order valence-electron chi connectivity index (χ2n) is 7.34. The highest BCUT2D eigenvalue weighted by Gasteiger charge is 2.52. The van der Waals surface area contributed by atoms with Crippen molar-refractivity contribution in [2.24, 2.45) is 5.41 Å². The Morgan fingerprint density at radius 3 is 2.85 bits per heavy atom. The fraction of sp³-hybridized carbons (Fsp3) is 0.600. The van der Waals surface area contributed by atoms with E-state index in [9.17, 15) is 9.59 Å². The Hall–Kier alpha value is -2.08. The van der Waals surface area contributed by atoms with Crippen LogP contribution >= 0.6 is 0 Å². The molecule has 6 nitrogen and oxygen atoms in total. The van der Waals surface area contributed by atoms with Crippen molar-refractivity contribution in [1.29, 1.82) is 0 Å². The molecule has 142 valence electrons. The number of carbonyl (C=O) groups is 2. The van der Waals surface area contributed by atoms with Gasteiger partial charge in [0, 0.05) is 25.7 Å². The summed E-state index contributed by atoms with van der Waals surface area (Å²) in [4.78, 5) is 27.2. The predicted molar refractivity (Wildman–Crippen MR) is 99.7 cm³/mol. The van der Waals surface area contributed by atoms with Gasteiger partial charge in [0.1, 0.15) is 5.41 Å². The van der Waals surface area contributed by atoms with E-state index >= 15 is 0 Å². The van der Waals surface area contributed by atoms with Crippen LogP contribution in [0.4, 0.5) is 4.79 Å². The van der Waals surface area contributed by atoms with E-state index in [1.165, 1.54) is 5.56 Å². The third-order valence-electron chi connectivity index (χ3n) is 5.55. The van der Waals surface area contributed by atoms with Crippen LogP contribution in [0.2, 0.25) is 0 Å². The van der Waals surface area contributed by atoms with Crippen LogP contribution in [0.15, 0.2) is 24.3 Å². The number of amides is 2. The van der Waals surface area contributed by atoms with Crippen molar-refractivity contribution >= 4 is 12.0 Å². The number of rotatable bonds is 4. The summed E-state index contributed by atoms with van der Waals surface area (Å²) in [5, 5.41) is 6.45. The maximum atomic E-state index is 12.7. The normalized spacial score (nSPS) is 25.3. The van der Waals surface area contributed by atoms with Gasteiger partial charge in [0.05, 0.1) is 6.61 Å². The molecule has 2 fully saturated rings. The van der Waals surface area contributed by atoms with Crippen molar-refractivity contribution in [2.45, 2.75) is 45.7 Å². The number of carbonyl (C=O) groups excluding carboxylic acids is 2. The first kappa shape index (κ1) is 18.7. The van der Waals surface area contributed by atoms with Gasteiger partial charge < -0.3 is 20.3 Å². The van der Waals surface area contributed by atoms with Crippen molar-refractivity contribution in [3.05, 3.63) is 35.4 Å². The van der Waals surface area contributed by atoms with E-state index in [1.807, 2.05) is 38.1 Å². The van der Waals surface area contributed by atoms with Crippen LogP contribution < -0.4 is 10.6 Å². The van der Waals surface area contributed by atoms with E-state index < -0.39 is 5.41 Å². The van der Waals surface area contributed by atoms with Crippen LogP contribution in [0.3, 0.4) is 0 Å². The van der Waals surface area contributed by atoms with E-state index in [0.717, 1.165) is 31.4 Å². The summed E-state index contributed by atoms with van der Waals surface area (Å²) in [5.74, 6) is -0.173. The van der Waals surface area contributed by atoms with E-state index in [4.69, 9.17) is 4.74 Å². The molecule has 2 aliphatic heterocycles. The lowest BCUT2D eigenvalue weighted by atomic mass is 9.70. The van der Waals surface area contributed by atoms with Crippen molar-refractivity contribution in [3.8, 4) is 0 Å². The Balaban J connectivity index is 1.65. The van der Waals surface area contributed by atoms with Gasteiger partial charge in [-0.25, -0.2) is 4.79 Å². The molecule has 0 bridgehead atoms. The lowest BCUT2D eigenvalue weighted by Gasteiger charge is -2.49. The zero-order valence-corrected chi connectivity index (χ0v) is 15.7. The monoisotopic (exact) mass is 359 g/mol. The topological polar surface area (TPSA) is 70.7 Å². The fourth-order valence-electron chi connectivity index (χ4n) is 4.07. The van der Waals surface area contributed by atoms with Gasteiger partial charge in [-0.15, -0.1) is 0 Å². The number of esters is 1. The summed E-state index contributed by atoms with van der Waals surface area (Å²) in [6.45, 7) is 6.72. The van der Waals surface area contributed by atoms with Crippen LogP contribution in [0.25, 0.3) is 0 Å². The van der Waals surface area contributed by atoms with Crippen molar-refractivity contribution in [2.75, 3.05) is 26.2 Å². The van der Waals surface area contributed by atoms with Crippen LogP contribution in [-0.2, 0) is 16.1 Å². The molecule has 0 saturated carbocycles. The fourth-order valence-corrected chi connectivity index (χ4v) is 4.07. The SMILES string of the molecule is CCOC(=O)[C@]12CCCN[C@@H]1CCN(C(=O)NCc1ccc(C)cc1)C2. The van der Waals surface area contributed by atoms with Gasteiger partial charge >= 0.3 is 12.0 Å². The highest BCUT2D eigenvalue weighted by atomic mass is 16.5. The molecule has 3 rings (SSSR count). The van der Waals surface area contributed by atoms with E-state index in [1.54, 1.807) is 4.90 Å². The molecule has 0 spiro atoms. The van der Waals surface area contributed by atoms with Crippen molar-refractivity contribution in [3.63, 3.8) is 0 Å². The van der Waals surface area contributed by atoms with Gasteiger partial charge in [-0.3, -0.25) is 4.79 Å². The summed E-state index contributed by atoms with van der Waals surface area (Å²) < 4.78 is 5.37. The number of nitrogens with zero attached hydrogens (tertiary/aromatic N) is 1. The zero-order chi connectivity index (χ0) is 18.6. The zero-order valence-electron chi connectivity index (χ0n) is 15.7. The first-order valence-corrected chi connectivity index (χ1v) is 9.54. The van der Waals surface area contributed by atoms with Gasteiger partial charge in [0.2, 0.25) is 0 Å². The molecule has 0 aliphatic carbocycles. The molecular formula is C20H29N3O3. The molecule has 6 heteroatoms. The Morgan fingerprint density at radius 2 is 2.12 bits per heavy atom. The number of piperidine rings is 2. The van der Waals surface area contributed by atoms with Gasteiger partial charge in [-0.2, -0.15) is 0 Å². The average molecular weight is 359 g/mol. The predicted octanol–water partition coefficient (Wildman–Crippen LogP) is 2.21. The maximum Gasteiger partial charge on any atom is 0.317 e. The minimum atomic E-state index is -0.617. The number of hydrogen-bond acceptors (Lipinski definition) is 4. The largest absolute Gasteiger partial charge is 0.465 e. The number of urea groups is 1. The molecule has 26 heavy (non-hydrogen) atoms. The van der Waals surface area contributed by atoms with Crippen molar-refractivity contribution < 1.29 is 14.3 Å². The van der Waals surface area contributed by atoms with Gasteiger partial charge in [0.25, 0.3) is 0 Å². The first-order chi connectivity index (χ1) is 12.5. The maximum absolute atomic E-state index is 12.7. The molecule has 0 unspecified atom stereocenters. The van der Waals surface area contributed by atoms with E-state index in [2.05, 4.69) is 10.6 Å². The van der Waals surface area contributed by atoms with Crippen LogP contribution in [0.1, 0.15) is 37.3 Å². The molecule has 0 radical (unpaired) electrons. The Bertz CT molecular complexity index is 646. The minimum absolute atomic E-state index is 0.0939. The summed E-state index contributed by atoms with van der Waals surface area (Å²) in [6.07, 6.45) is 2.47. The number of likely N-dealkylation sites (tertiary alicyclic amines) is 1. The molecule has 1 aromatic carbocycles. The van der Waals surface area contributed by atoms with Crippen LogP contribution in [0.5, 0.6) is 0 Å². The molecule has 2 aliphatic rings. The lowest BCUT2D eigenvalue weighted by molar-refractivity contribution is -0.162. The van der Waals surface area contributed by atoms with Crippen LogP contribution in [0, 0.1) is 12.3 Å². The third-order valence-corrected chi connectivity index (χ3v) is 5.55. The molecule has 2 heterocycles. The molecule has 2 amide bonds. The molecule has 2 N–H and O–H groups in total. The Kier molecular flexibility index (Phi) is 5.81. The molecule has 1 aromatic rings. The lowest BCUT2D eigenvalue weighted by Crippen LogP contribution is -2.64. The standard InChI is InChI=1S/C20H29N3O3/c1-3-26-18(24)20-10-4-11-21-17(20)9-12-23(14-20)19(25)22-13-16-7-5-15(2)6-8-16/h5-8,17,21H,3-4,9-14H2,1-2H3,(H,22,25)/t17-,20+/m1/s1. The second-order valence-corrected chi connectivity index (χ2v) is 7.34. The highest BCUT2D eigenvalue weighted by Crippen LogP contribution is 2.38. The molecule has 2 saturated heterocycles. The minimum Gasteiger partial charge on any atom is -0.465 e. The molecular weight excluding hydrogens is 330 g/mol. The number of benzene rings is 1. The Morgan fingerprint density at radius 1 is 1.35 bits per heavy atom. The third kappa shape index (κ3) is 3.85. The highest BCUT2D eigenvalue weighted by molar-refractivity contribution is 5.81. The first-order valence-electron chi connectivity index (χ1n) is 9.54. The number of fused-ring (bicyclic) bond motifs is 1. The number of nitrogens with one attached hydrogen (secondary N) is 2. The molecule has 2 atom stereocenters. The molecule has 0 aromatic heterocycles. The number of aryl methyl sites for hydroxylation is 1.